The van der Waals surface area contributed by atoms with Crippen LogP contribution in [-0.4, -0.2) is 18.5 Å². The van der Waals surface area contributed by atoms with Crippen LogP contribution in [0.15, 0.2) is 91.0 Å². The number of imidazole rings is 2. The molecule has 0 saturated carbocycles. The Bertz CT molecular complexity index is 1800. The van der Waals surface area contributed by atoms with Gasteiger partial charge in [0.15, 0.2) is 0 Å². The van der Waals surface area contributed by atoms with Gasteiger partial charge >= 0.3 is 0 Å². The van der Waals surface area contributed by atoms with Crippen LogP contribution in [0, 0.1) is 0 Å². The van der Waals surface area contributed by atoms with E-state index in [1.165, 1.54) is 32.8 Å². The second-order valence-electron chi connectivity index (χ2n) is 8.72. The van der Waals surface area contributed by atoms with Crippen molar-refractivity contribution in [1.29, 1.82) is 0 Å². The Morgan fingerprint density at radius 3 is 2.12 bits per heavy atom. The molecule has 0 N–H and O–H groups in total. The Kier molecular flexibility index (Phi) is 3.43. The van der Waals surface area contributed by atoms with Gasteiger partial charge in [-0.05, 0) is 56.3 Å². The Hall–Kier alpha value is -4.05. The molecule has 4 nitrogen and oxygen atoms in total. The van der Waals surface area contributed by atoms with Crippen molar-refractivity contribution in [2.45, 2.75) is 19.9 Å². The maximum atomic E-state index is 5.16. The standard InChI is InChI=1S/C28H22N4/c1-18(2)30-22-13-7-6-12-20(22)26-25(30)17-16-21-27(26)32-24-15-9-8-14-23(24)31(28(32)29-21)19-10-4-3-5-11-19/h3-18H,1-2H3. The van der Waals surface area contributed by atoms with E-state index in [-0.39, 0.29) is 0 Å². The van der Waals surface area contributed by atoms with E-state index in [0.29, 0.717) is 6.04 Å². The minimum absolute atomic E-state index is 0.365. The van der Waals surface area contributed by atoms with E-state index < -0.39 is 0 Å². The number of nitrogens with zero attached hydrogens (tertiary/aromatic N) is 4. The van der Waals surface area contributed by atoms with Gasteiger partial charge in [-0.1, -0.05) is 48.5 Å². The first-order valence-electron chi connectivity index (χ1n) is 11.1. The van der Waals surface area contributed by atoms with Crippen LogP contribution in [0.25, 0.3) is 55.3 Å². The van der Waals surface area contributed by atoms with Crippen molar-refractivity contribution >= 4 is 49.7 Å². The fourth-order valence-electron chi connectivity index (χ4n) is 5.35. The Labute approximate surface area is 184 Å². The molecule has 3 aromatic heterocycles. The minimum atomic E-state index is 0.365. The zero-order valence-electron chi connectivity index (χ0n) is 18.0. The molecule has 0 bridgehead atoms. The summed E-state index contributed by atoms with van der Waals surface area (Å²) in [6, 6.07) is 32.6. The van der Waals surface area contributed by atoms with Gasteiger partial charge < -0.3 is 4.57 Å². The van der Waals surface area contributed by atoms with Gasteiger partial charge in [-0.3, -0.25) is 8.97 Å². The number of benzene rings is 4. The van der Waals surface area contributed by atoms with Crippen LogP contribution in [0.2, 0.25) is 0 Å². The summed E-state index contributed by atoms with van der Waals surface area (Å²) in [6.45, 7) is 4.51. The molecule has 0 aliphatic carbocycles. The molecule has 4 heteroatoms. The van der Waals surface area contributed by atoms with Gasteiger partial charge in [0.2, 0.25) is 5.78 Å². The topological polar surface area (TPSA) is 27.2 Å². The Morgan fingerprint density at radius 1 is 0.656 bits per heavy atom. The fourth-order valence-corrected chi connectivity index (χ4v) is 5.35. The van der Waals surface area contributed by atoms with Crippen LogP contribution in [-0.2, 0) is 0 Å². The molecule has 0 amide bonds. The molecule has 32 heavy (non-hydrogen) atoms. The molecule has 0 atom stereocenters. The summed E-state index contributed by atoms with van der Waals surface area (Å²) in [5.74, 6) is 0.946. The summed E-state index contributed by atoms with van der Waals surface area (Å²) in [5.41, 5.74) is 8.18. The molecule has 7 aromatic rings. The number of hydrogen-bond donors (Lipinski definition) is 0. The van der Waals surface area contributed by atoms with Crippen LogP contribution in [0.1, 0.15) is 19.9 Å². The number of rotatable bonds is 2. The van der Waals surface area contributed by atoms with E-state index in [0.717, 1.165) is 22.5 Å². The van der Waals surface area contributed by atoms with Gasteiger partial charge in [-0.2, -0.15) is 0 Å². The third kappa shape index (κ3) is 2.14. The summed E-state index contributed by atoms with van der Waals surface area (Å²) < 4.78 is 7.06. The second kappa shape index (κ2) is 6.24. The molecule has 7 rings (SSSR count). The Morgan fingerprint density at radius 2 is 1.34 bits per heavy atom. The third-order valence-electron chi connectivity index (χ3n) is 6.57. The van der Waals surface area contributed by atoms with Gasteiger partial charge in [-0.25, -0.2) is 4.98 Å². The van der Waals surface area contributed by atoms with E-state index in [1.54, 1.807) is 0 Å². The molecule has 0 aliphatic rings. The van der Waals surface area contributed by atoms with Gasteiger partial charge in [0, 0.05) is 28.0 Å². The normalized spacial score (nSPS) is 12.3. The van der Waals surface area contributed by atoms with Crippen LogP contribution >= 0.6 is 0 Å². The molecule has 154 valence electrons. The van der Waals surface area contributed by atoms with E-state index >= 15 is 0 Å². The summed E-state index contributed by atoms with van der Waals surface area (Å²) in [6.07, 6.45) is 0. The first kappa shape index (κ1) is 17.6. The number of para-hydroxylation sites is 4. The lowest BCUT2D eigenvalue weighted by molar-refractivity contribution is 0.642. The summed E-state index contributed by atoms with van der Waals surface area (Å²) in [5, 5.41) is 2.55. The van der Waals surface area contributed by atoms with Crippen LogP contribution in [0.5, 0.6) is 0 Å². The summed E-state index contributed by atoms with van der Waals surface area (Å²) in [7, 11) is 0. The van der Waals surface area contributed by atoms with Crippen molar-refractivity contribution in [3.63, 3.8) is 0 Å². The predicted octanol–water partition coefficient (Wildman–Crippen LogP) is 7.12. The van der Waals surface area contributed by atoms with Gasteiger partial charge in [-0.15, -0.1) is 0 Å². The highest BCUT2D eigenvalue weighted by atomic mass is 15.2. The molecule has 3 heterocycles. The first-order chi connectivity index (χ1) is 15.7. The van der Waals surface area contributed by atoms with E-state index in [9.17, 15) is 0 Å². The van der Waals surface area contributed by atoms with Crippen molar-refractivity contribution in [1.82, 2.24) is 18.5 Å². The zero-order valence-corrected chi connectivity index (χ0v) is 18.0. The zero-order chi connectivity index (χ0) is 21.4. The largest absolute Gasteiger partial charge is 0.338 e. The van der Waals surface area contributed by atoms with Crippen molar-refractivity contribution in [3.8, 4) is 5.69 Å². The predicted molar refractivity (Wildman–Crippen MR) is 133 cm³/mol. The fraction of sp³-hybridized carbons (Fsp3) is 0.107. The molecule has 4 aromatic carbocycles. The highest BCUT2D eigenvalue weighted by Crippen LogP contribution is 2.39. The SMILES string of the molecule is CC(C)n1c2ccccc2c2c1ccc1nc3n(-c4ccccc4)c4ccccc4n3c12. The van der Waals surface area contributed by atoms with Crippen LogP contribution in [0.4, 0.5) is 0 Å². The average Bonchev–Trinajstić information content (AvgIpc) is 3.45. The number of hydrogen-bond acceptors (Lipinski definition) is 1. The maximum absolute atomic E-state index is 5.16. The quantitative estimate of drug-likeness (QED) is 0.296. The van der Waals surface area contributed by atoms with Gasteiger partial charge in [0.25, 0.3) is 0 Å². The molecule has 0 saturated heterocycles. The second-order valence-corrected chi connectivity index (χ2v) is 8.72. The van der Waals surface area contributed by atoms with E-state index in [4.69, 9.17) is 4.98 Å². The van der Waals surface area contributed by atoms with Gasteiger partial charge in [0.1, 0.15) is 0 Å². The first-order valence-corrected chi connectivity index (χ1v) is 11.1. The molecular formula is C28H22N4. The van der Waals surface area contributed by atoms with Crippen molar-refractivity contribution in [3.05, 3.63) is 91.0 Å². The lowest BCUT2D eigenvalue weighted by Gasteiger charge is -2.11. The molecule has 0 unspecified atom stereocenters. The minimum Gasteiger partial charge on any atom is -0.338 e. The van der Waals surface area contributed by atoms with Crippen molar-refractivity contribution in [2.24, 2.45) is 0 Å². The molecule has 0 radical (unpaired) electrons. The monoisotopic (exact) mass is 414 g/mol. The maximum Gasteiger partial charge on any atom is 0.220 e. The average molecular weight is 415 g/mol. The van der Waals surface area contributed by atoms with Crippen molar-refractivity contribution < 1.29 is 0 Å². The van der Waals surface area contributed by atoms with Crippen molar-refractivity contribution in [2.75, 3.05) is 0 Å². The van der Waals surface area contributed by atoms with E-state index in [1.807, 2.05) is 0 Å². The molecular weight excluding hydrogens is 392 g/mol. The van der Waals surface area contributed by atoms with Crippen LogP contribution < -0.4 is 0 Å². The molecule has 0 spiro atoms. The van der Waals surface area contributed by atoms with E-state index in [2.05, 4.69) is 118 Å². The smallest absolute Gasteiger partial charge is 0.220 e. The number of aromatic nitrogens is 4. The van der Waals surface area contributed by atoms with Gasteiger partial charge in [0.05, 0.1) is 27.6 Å². The number of fused-ring (bicyclic) bond motifs is 9. The Balaban J connectivity index is 1.78. The third-order valence-corrected chi connectivity index (χ3v) is 6.57. The molecule has 0 fully saturated rings. The lowest BCUT2D eigenvalue weighted by atomic mass is 10.1. The summed E-state index contributed by atoms with van der Waals surface area (Å²) >= 11 is 0. The molecule has 0 aliphatic heterocycles. The highest BCUT2D eigenvalue weighted by molar-refractivity contribution is 6.20. The van der Waals surface area contributed by atoms with Crippen LogP contribution in [0.3, 0.4) is 0 Å². The highest BCUT2D eigenvalue weighted by Gasteiger charge is 2.22. The lowest BCUT2D eigenvalue weighted by Crippen LogP contribution is -1.99. The summed E-state index contributed by atoms with van der Waals surface area (Å²) in [4.78, 5) is 5.16.